The fraction of sp³-hybridized carbons (Fsp3) is 0.941. The second-order valence-corrected chi connectivity index (χ2v) is 7.57. The minimum atomic E-state index is 0. The maximum Gasteiger partial charge on any atom is 0.168 e. The lowest BCUT2D eigenvalue weighted by molar-refractivity contribution is 0.0973. The smallest absolute Gasteiger partial charge is 0.168 e. The van der Waals surface area contributed by atoms with Gasteiger partial charge in [-0.1, -0.05) is 46.0 Å². The lowest BCUT2D eigenvalue weighted by Crippen LogP contribution is -2.40. The summed E-state index contributed by atoms with van der Waals surface area (Å²) < 4.78 is 2.15. The van der Waals surface area contributed by atoms with Crippen molar-refractivity contribution >= 4 is 12.4 Å². The van der Waals surface area contributed by atoms with E-state index >= 15 is 0 Å². The van der Waals surface area contributed by atoms with Crippen molar-refractivity contribution in [1.29, 1.82) is 0 Å². The highest BCUT2D eigenvalue weighted by Crippen LogP contribution is 2.36. The minimum absolute atomic E-state index is 0. The molecule has 0 aliphatic heterocycles. The molecule has 0 amide bonds. The molecule has 1 unspecified atom stereocenters. The first kappa shape index (κ1) is 18.7. The second kappa shape index (κ2) is 8.43. The van der Waals surface area contributed by atoms with Crippen LogP contribution < -0.4 is 0 Å². The Morgan fingerprint density at radius 2 is 1.61 bits per heavy atom. The van der Waals surface area contributed by atoms with E-state index in [1.54, 1.807) is 0 Å². The molecule has 132 valence electrons. The van der Waals surface area contributed by atoms with E-state index in [0.717, 1.165) is 5.82 Å². The molecule has 0 aromatic carbocycles. The third kappa shape index (κ3) is 4.05. The van der Waals surface area contributed by atoms with Gasteiger partial charge in [-0.2, -0.15) is 0 Å². The summed E-state index contributed by atoms with van der Waals surface area (Å²) in [4.78, 5) is 2.57. The monoisotopic (exact) mass is 341 g/mol. The lowest BCUT2D eigenvalue weighted by atomic mass is 9.91. The molecule has 23 heavy (non-hydrogen) atoms. The van der Waals surface area contributed by atoms with E-state index in [4.69, 9.17) is 0 Å². The van der Waals surface area contributed by atoms with E-state index in [9.17, 15) is 0 Å². The Morgan fingerprint density at radius 1 is 1.00 bits per heavy atom. The van der Waals surface area contributed by atoms with Crippen molar-refractivity contribution in [2.45, 2.75) is 89.8 Å². The summed E-state index contributed by atoms with van der Waals surface area (Å²) in [5.74, 6) is 1.62. The Bertz CT molecular complexity index is 463. The zero-order valence-corrected chi connectivity index (χ0v) is 15.6. The maximum atomic E-state index is 4.46. The summed E-state index contributed by atoms with van der Waals surface area (Å²) in [7, 11) is 2.29. The van der Waals surface area contributed by atoms with Gasteiger partial charge in [-0.3, -0.25) is 4.90 Å². The summed E-state index contributed by atoms with van der Waals surface area (Å²) in [6.45, 7) is 4.61. The van der Waals surface area contributed by atoms with Crippen LogP contribution in [0.5, 0.6) is 0 Å². The van der Waals surface area contributed by atoms with Gasteiger partial charge in [0.2, 0.25) is 0 Å². The molecule has 6 heteroatoms. The Labute approximate surface area is 146 Å². The van der Waals surface area contributed by atoms with Crippen LogP contribution in [0.2, 0.25) is 0 Å². The van der Waals surface area contributed by atoms with E-state index in [0.29, 0.717) is 24.0 Å². The van der Waals surface area contributed by atoms with Gasteiger partial charge in [0.15, 0.2) is 5.82 Å². The van der Waals surface area contributed by atoms with Crippen LogP contribution in [-0.2, 0) is 0 Å². The predicted octanol–water partition coefficient (Wildman–Crippen LogP) is 4.17. The molecular formula is C17H32ClN5. The number of nitrogens with zero attached hydrogens (tertiary/aromatic N) is 5. The second-order valence-electron chi connectivity index (χ2n) is 7.57. The van der Waals surface area contributed by atoms with Crippen molar-refractivity contribution < 1.29 is 0 Å². The average molecular weight is 342 g/mol. The molecule has 0 N–H and O–H groups in total. The van der Waals surface area contributed by atoms with Gasteiger partial charge in [-0.05, 0) is 49.1 Å². The van der Waals surface area contributed by atoms with Crippen LogP contribution in [0, 0.1) is 5.92 Å². The number of tetrazole rings is 1. The zero-order chi connectivity index (χ0) is 15.5. The number of halogens is 1. The van der Waals surface area contributed by atoms with Crippen LogP contribution in [0.3, 0.4) is 0 Å². The SMILES string of the molecule is CC(C)C(c1nnnn1C1CCCC1)N(C)C1CCCCC1.Cl. The maximum absolute atomic E-state index is 4.46. The molecule has 3 rings (SSSR count). The lowest BCUT2D eigenvalue weighted by Gasteiger charge is -2.38. The average Bonchev–Trinajstić information content (AvgIpc) is 3.18. The van der Waals surface area contributed by atoms with Gasteiger partial charge in [-0.15, -0.1) is 17.5 Å². The molecule has 1 aromatic heterocycles. The standard InChI is InChI=1S/C17H31N5.ClH/c1-13(2)16(21(3)14-9-5-4-6-10-14)17-18-19-20-22(17)15-11-7-8-12-15;/h13-16H,4-12H2,1-3H3;1H. The molecule has 1 aromatic rings. The van der Waals surface area contributed by atoms with Crippen LogP contribution in [0.1, 0.15) is 89.5 Å². The van der Waals surface area contributed by atoms with Gasteiger partial charge in [0.05, 0.1) is 12.1 Å². The Kier molecular flexibility index (Phi) is 6.84. The van der Waals surface area contributed by atoms with Crippen molar-refractivity contribution in [3.05, 3.63) is 5.82 Å². The molecule has 2 fully saturated rings. The molecule has 0 spiro atoms. The highest BCUT2D eigenvalue weighted by atomic mass is 35.5. The first-order valence-corrected chi connectivity index (χ1v) is 9.18. The normalized spacial score (nSPS) is 21.8. The van der Waals surface area contributed by atoms with Gasteiger partial charge in [-0.25, -0.2) is 4.68 Å². The molecule has 2 aliphatic carbocycles. The predicted molar refractivity (Wildman–Crippen MR) is 94.8 cm³/mol. The quantitative estimate of drug-likeness (QED) is 0.806. The Balaban J connectivity index is 0.00000192. The van der Waals surface area contributed by atoms with Crippen molar-refractivity contribution in [2.24, 2.45) is 5.92 Å². The summed E-state index contributed by atoms with van der Waals surface area (Å²) >= 11 is 0. The molecule has 1 atom stereocenters. The van der Waals surface area contributed by atoms with Crippen LogP contribution >= 0.6 is 12.4 Å². The van der Waals surface area contributed by atoms with Crippen molar-refractivity contribution in [2.75, 3.05) is 7.05 Å². The Morgan fingerprint density at radius 3 is 2.22 bits per heavy atom. The molecule has 1 heterocycles. The molecular weight excluding hydrogens is 310 g/mol. The topological polar surface area (TPSA) is 46.8 Å². The van der Waals surface area contributed by atoms with E-state index in [2.05, 4.69) is 46.0 Å². The number of hydrogen-bond acceptors (Lipinski definition) is 4. The summed E-state index contributed by atoms with van der Waals surface area (Å²) in [5, 5.41) is 12.9. The summed E-state index contributed by atoms with van der Waals surface area (Å²) in [6.07, 6.45) is 11.9. The van der Waals surface area contributed by atoms with Gasteiger partial charge in [0.25, 0.3) is 0 Å². The number of hydrogen-bond donors (Lipinski definition) is 0. The van der Waals surface area contributed by atoms with Gasteiger partial charge < -0.3 is 0 Å². The van der Waals surface area contributed by atoms with Gasteiger partial charge >= 0.3 is 0 Å². The Hall–Kier alpha value is -0.680. The first-order chi connectivity index (χ1) is 10.7. The van der Waals surface area contributed by atoms with Crippen LogP contribution in [-0.4, -0.2) is 38.2 Å². The molecule has 2 saturated carbocycles. The number of aromatic nitrogens is 4. The van der Waals surface area contributed by atoms with E-state index in [1.165, 1.54) is 57.8 Å². The fourth-order valence-corrected chi connectivity index (χ4v) is 4.47. The molecule has 0 saturated heterocycles. The highest BCUT2D eigenvalue weighted by molar-refractivity contribution is 5.85. The van der Waals surface area contributed by atoms with Crippen molar-refractivity contribution in [1.82, 2.24) is 25.1 Å². The summed E-state index contributed by atoms with van der Waals surface area (Å²) in [5.41, 5.74) is 0. The largest absolute Gasteiger partial charge is 0.293 e. The van der Waals surface area contributed by atoms with E-state index in [-0.39, 0.29) is 12.4 Å². The third-order valence-electron chi connectivity index (χ3n) is 5.67. The zero-order valence-electron chi connectivity index (χ0n) is 14.8. The third-order valence-corrected chi connectivity index (χ3v) is 5.67. The van der Waals surface area contributed by atoms with Crippen molar-refractivity contribution in [3.8, 4) is 0 Å². The minimum Gasteiger partial charge on any atom is -0.293 e. The van der Waals surface area contributed by atoms with Crippen LogP contribution in [0.4, 0.5) is 0 Å². The van der Waals surface area contributed by atoms with E-state index < -0.39 is 0 Å². The van der Waals surface area contributed by atoms with E-state index in [1.807, 2.05) is 0 Å². The summed E-state index contributed by atoms with van der Waals surface area (Å²) in [6, 6.07) is 1.54. The number of rotatable bonds is 5. The first-order valence-electron chi connectivity index (χ1n) is 9.18. The molecule has 2 aliphatic rings. The fourth-order valence-electron chi connectivity index (χ4n) is 4.47. The highest BCUT2D eigenvalue weighted by Gasteiger charge is 2.33. The van der Waals surface area contributed by atoms with Crippen molar-refractivity contribution in [3.63, 3.8) is 0 Å². The van der Waals surface area contributed by atoms with Crippen LogP contribution in [0.25, 0.3) is 0 Å². The van der Waals surface area contributed by atoms with Crippen LogP contribution in [0.15, 0.2) is 0 Å². The van der Waals surface area contributed by atoms with Gasteiger partial charge in [0.1, 0.15) is 0 Å². The molecule has 5 nitrogen and oxygen atoms in total. The van der Waals surface area contributed by atoms with Gasteiger partial charge in [0, 0.05) is 6.04 Å². The molecule has 0 bridgehead atoms. The molecule has 0 radical (unpaired) electrons.